The van der Waals surface area contributed by atoms with Gasteiger partial charge in [0.2, 0.25) is 17.8 Å². The molecule has 1 fully saturated rings. The minimum atomic E-state index is -3.74. The molecule has 1 aromatic carbocycles. The van der Waals surface area contributed by atoms with Crippen molar-refractivity contribution in [2.45, 2.75) is 44.1 Å². The zero-order valence-electron chi connectivity index (χ0n) is 20.8. The van der Waals surface area contributed by atoms with E-state index in [1.807, 2.05) is 0 Å². The molecule has 0 radical (unpaired) electrons. The fraction of sp³-hybridized carbons (Fsp3) is 0.458. The summed E-state index contributed by atoms with van der Waals surface area (Å²) in [5, 5.41) is 5.96. The summed E-state index contributed by atoms with van der Waals surface area (Å²) in [5.41, 5.74) is 1.50. The molecule has 204 valence electrons. The average Bonchev–Trinajstić information content (AvgIpc) is 3.38. The summed E-state index contributed by atoms with van der Waals surface area (Å²) in [4.78, 5) is 24.3. The minimum Gasteiger partial charge on any atom is -0.395 e. The summed E-state index contributed by atoms with van der Waals surface area (Å²) in [6.07, 6.45) is -2.53. The normalized spacial score (nSPS) is 20.9. The van der Waals surface area contributed by atoms with Crippen LogP contribution in [0.1, 0.15) is 30.5 Å². The summed E-state index contributed by atoms with van der Waals surface area (Å²) in [7, 11) is 3.25. The molecule has 5 rings (SSSR count). The van der Waals surface area contributed by atoms with Crippen molar-refractivity contribution in [2.75, 3.05) is 32.6 Å². The van der Waals surface area contributed by atoms with E-state index >= 15 is 8.78 Å². The molecule has 2 N–H and O–H groups in total. The van der Waals surface area contributed by atoms with Crippen LogP contribution in [0.25, 0.3) is 10.2 Å². The van der Waals surface area contributed by atoms with Crippen molar-refractivity contribution >= 4 is 32.6 Å². The number of hydrogen-bond donors (Lipinski definition) is 2. The molecule has 0 saturated carbocycles. The Morgan fingerprint density at radius 1 is 1.29 bits per heavy atom. The first-order valence-corrected chi connectivity index (χ1v) is 12.7. The first-order chi connectivity index (χ1) is 18.0. The molecule has 3 aromatic rings. The number of nitrogens with one attached hydrogen (secondary N) is 2. The lowest BCUT2D eigenvalue weighted by Gasteiger charge is -2.40. The zero-order chi connectivity index (χ0) is 27.2. The number of anilines is 1. The number of halogens is 4. The van der Waals surface area contributed by atoms with Gasteiger partial charge in [-0.05, 0) is 19.5 Å². The number of hydrogen-bond acceptors (Lipinski definition) is 8. The molecule has 9 nitrogen and oxygen atoms in total. The minimum absolute atomic E-state index is 0.0208. The van der Waals surface area contributed by atoms with Gasteiger partial charge in [-0.3, -0.25) is 14.5 Å². The quantitative estimate of drug-likeness (QED) is 0.342. The van der Waals surface area contributed by atoms with Gasteiger partial charge in [-0.2, -0.15) is 0 Å². The van der Waals surface area contributed by atoms with E-state index in [0.29, 0.717) is 28.0 Å². The van der Waals surface area contributed by atoms with Gasteiger partial charge in [-0.25, -0.2) is 13.8 Å². The third-order valence-electron chi connectivity index (χ3n) is 6.70. The molecular formula is C24H26F4N5O4S+. The van der Waals surface area contributed by atoms with Crippen LogP contribution in [0, 0.1) is 0 Å². The third kappa shape index (κ3) is 5.07. The fourth-order valence-corrected chi connectivity index (χ4v) is 5.57. The lowest BCUT2D eigenvalue weighted by atomic mass is 9.86. The number of piperidine rings is 1. The van der Waals surface area contributed by atoms with E-state index in [0.717, 1.165) is 11.3 Å². The van der Waals surface area contributed by atoms with Crippen LogP contribution in [-0.4, -0.2) is 61.3 Å². The van der Waals surface area contributed by atoms with Crippen molar-refractivity contribution in [3.05, 3.63) is 41.7 Å². The summed E-state index contributed by atoms with van der Waals surface area (Å²) < 4.78 is 67.6. The lowest BCUT2D eigenvalue weighted by molar-refractivity contribution is -0.890. The first-order valence-electron chi connectivity index (χ1n) is 11.9. The number of ether oxygens (including phenoxy) is 2. The van der Waals surface area contributed by atoms with Gasteiger partial charge in [0.15, 0.2) is 16.6 Å². The highest BCUT2D eigenvalue weighted by Gasteiger charge is 2.47. The monoisotopic (exact) mass is 556 g/mol. The predicted molar refractivity (Wildman–Crippen MR) is 130 cm³/mol. The Balaban J connectivity index is 1.30. The highest BCUT2D eigenvalue weighted by atomic mass is 32.1. The molecule has 2 aliphatic heterocycles. The number of fused-ring (bicyclic) bond motifs is 2. The second-order valence-corrected chi connectivity index (χ2v) is 10.2. The topological polar surface area (TPSA) is 88.8 Å². The van der Waals surface area contributed by atoms with Crippen LogP contribution in [-0.2, 0) is 11.3 Å². The first kappa shape index (κ1) is 26.4. The van der Waals surface area contributed by atoms with Crippen molar-refractivity contribution in [1.82, 2.24) is 15.2 Å². The van der Waals surface area contributed by atoms with Crippen LogP contribution in [0.3, 0.4) is 0 Å². The van der Waals surface area contributed by atoms with Crippen LogP contribution in [0.5, 0.6) is 11.5 Å². The van der Waals surface area contributed by atoms with Crippen molar-refractivity contribution in [3.63, 3.8) is 0 Å². The van der Waals surface area contributed by atoms with Crippen LogP contribution >= 0.6 is 11.3 Å². The summed E-state index contributed by atoms with van der Waals surface area (Å²) in [6, 6.07) is 5.26. The Morgan fingerprint density at radius 2 is 2.03 bits per heavy atom. The molecule has 38 heavy (non-hydrogen) atoms. The van der Waals surface area contributed by atoms with E-state index in [1.165, 1.54) is 24.0 Å². The van der Waals surface area contributed by atoms with Crippen LogP contribution in [0.2, 0.25) is 0 Å². The average molecular weight is 557 g/mol. The number of thiazole rings is 1. The van der Waals surface area contributed by atoms with Gasteiger partial charge >= 0.3 is 6.29 Å². The van der Waals surface area contributed by atoms with E-state index in [2.05, 4.69) is 25.1 Å². The number of benzene rings is 1. The van der Waals surface area contributed by atoms with E-state index in [4.69, 9.17) is 4.84 Å². The molecule has 14 heteroatoms. The molecule has 0 bridgehead atoms. The number of likely N-dealkylation sites (tertiary alicyclic amines) is 1. The largest absolute Gasteiger partial charge is 0.586 e. The van der Waals surface area contributed by atoms with Gasteiger partial charge in [0.25, 0.3) is 5.92 Å². The van der Waals surface area contributed by atoms with Gasteiger partial charge in [0.1, 0.15) is 7.11 Å². The number of carbonyl (C=O) groups excluding carboxylic acids is 1. The molecule has 0 spiro atoms. The maximum Gasteiger partial charge on any atom is 0.586 e. The molecule has 2 aromatic heterocycles. The number of pyridine rings is 1. The number of nitrogens with zero attached hydrogens (tertiary/aromatic N) is 3. The number of alkyl halides is 4. The molecule has 1 saturated heterocycles. The van der Waals surface area contributed by atoms with Gasteiger partial charge < -0.3 is 20.1 Å². The van der Waals surface area contributed by atoms with Crippen molar-refractivity contribution < 1.29 is 41.4 Å². The van der Waals surface area contributed by atoms with E-state index in [-0.39, 0.29) is 29.7 Å². The zero-order valence-corrected chi connectivity index (χ0v) is 21.6. The maximum absolute atomic E-state index is 15.0. The Kier molecular flexibility index (Phi) is 6.82. The number of aromatic nitrogens is 2. The van der Waals surface area contributed by atoms with Crippen LogP contribution in [0.4, 0.5) is 22.7 Å². The Hall–Kier alpha value is -3.23. The van der Waals surface area contributed by atoms with Crippen LogP contribution in [0.15, 0.2) is 30.5 Å². The molecule has 4 heterocycles. The molecular weight excluding hydrogens is 530 g/mol. The highest BCUT2D eigenvalue weighted by molar-refractivity contribution is 7.22. The van der Waals surface area contributed by atoms with Gasteiger partial charge in [-0.15, -0.1) is 8.78 Å². The summed E-state index contributed by atoms with van der Waals surface area (Å²) in [5.74, 6) is -4.74. The molecule has 2 unspecified atom stereocenters. The second-order valence-electron chi connectivity index (χ2n) is 9.17. The fourth-order valence-electron chi connectivity index (χ4n) is 4.69. The third-order valence-corrected chi connectivity index (χ3v) is 7.64. The number of amides is 1. The van der Waals surface area contributed by atoms with Crippen LogP contribution < -0.4 is 29.7 Å². The standard InChI is InChI=1S/C24H25F4N5O4S/c1-13(21(34)31-22-30-17-9-18-19(10-20(17)38-22)37-24(27,28)36-18)32-7-5-23(25,26)16(12-32)14-4-6-33(35-3)15(8-14)11-29-2/h4,6,8-10,13,16,29H,5,7,11-12H2,1-3H3/p+1. The smallest absolute Gasteiger partial charge is 0.395 e. The molecule has 0 aliphatic carbocycles. The molecule has 2 atom stereocenters. The second kappa shape index (κ2) is 9.82. The van der Waals surface area contributed by atoms with Gasteiger partial charge in [-0.1, -0.05) is 11.3 Å². The molecule has 1 amide bonds. The maximum atomic E-state index is 15.0. The van der Waals surface area contributed by atoms with Crippen molar-refractivity contribution in [2.24, 2.45) is 0 Å². The van der Waals surface area contributed by atoms with Gasteiger partial charge in [0.05, 0.1) is 28.7 Å². The Bertz CT molecular complexity index is 1330. The van der Waals surface area contributed by atoms with E-state index in [9.17, 15) is 13.6 Å². The Morgan fingerprint density at radius 3 is 2.74 bits per heavy atom. The van der Waals surface area contributed by atoms with Crippen molar-refractivity contribution in [1.29, 1.82) is 0 Å². The Labute approximate surface area is 219 Å². The number of rotatable bonds is 7. The SMILES string of the molecule is CNCc1cc(C2CN(C(C)C(=O)Nc3nc4cc5c(cc4s3)OC(F)(F)O5)CCC2(F)F)cc[n+]1OC. The van der Waals surface area contributed by atoms with Gasteiger partial charge in [0, 0.05) is 48.5 Å². The lowest BCUT2D eigenvalue weighted by Crippen LogP contribution is -2.52. The molecule has 2 aliphatic rings. The van der Waals surface area contributed by atoms with E-state index < -0.39 is 36.5 Å². The van der Waals surface area contributed by atoms with E-state index in [1.54, 1.807) is 37.2 Å². The summed E-state index contributed by atoms with van der Waals surface area (Å²) >= 11 is 1.08. The highest BCUT2D eigenvalue weighted by Crippen LogP contribution is 2.45. The van der Waals surface area contributed by atoms with Crippen molar-refractivity contribution in [3.8, 4) is 11.5 Å². The summed E-state index contributed by atoms with van der Waals surface area (Å²) in [6.45, 7) is 2.10. The predicted octanol–water partition coefficient (Wildman–Crippen LogP) is 3.13. The number of carbonyl (C=O) groups is 1.